The van der Waals surface area contributed by atoms with Crippen LogP contribution in [0.1, 0.15) is 16.2 Å². The average molecular weight is 431 g/mol. The van der Waals surface area contributed by atoms with Crippen LogP contribution >= 0.6 is 0 Å². The summed E-state index contributed by atoms with van der Waals surface area (Å²) < 4.78 is 18.7. The van der Waals surface area contributed by atoms with E-state index in [0.717, 1.165) is 34.0 Å². The van der Waals surface area contributed by atoms with Crippen LogP contribution in [0.3, 0.4) is 0 Å². The van der Waals surface area contributed by atoms with Crippen LogP contribution in [-0.2, 0) is 18.4 Å². The summed E-state index contributed by atoms with van der Waals surface area (Å²) in [7, 11) is 7.29. The summed E-state index contributed by atoms with van der Waals surface area (Å²) >= 11 is 0. The predicted molar refractivity (Wildman–Crippen MR) is 124 cm³/mol. The highest BCUT2D eigenvalue weighted by Crippen LogP contribution is 2.28. The van der Waals surface area contributed by atoms with Crippen molar-refractivity contribution in [2.45, 2.75) is 6.61 Å². The number of esters is 1. The number of hydrogen-bond acceptors (Lipinski definition) is 6. The number of aromatic nitrogens is 2. The van der Waals surface area contributed by atoms with E-state index in [2.05, 4.69) is 4.98 Å². The van der Waals surface area contributed by atoms with Gasteiger partial charge in [-0.3, -0.25) is 0 Å². The molecule has 0 aliphatic heterocycles. The third-order valence-corrected chi connectivity index (χ3v) is 5.14. The van der Waals surface area contributed by atoms with Gasteiger partial charge < -0.3 is 23.7 Å². The van der Waals surface area contributed by atoms with Crippen LogP contribution in [0.4, 0.5) is 5.69 Å². The first kappa shape index (κ1) is 21.2. The molecule has 0 spiro atoms. The lowest BCUT2D eigenvalue weighted by atomic mass is 10.2. The van der Waals surface area contributed by atoms with Gasteiger partial charge in [0.15, 0.2) is 0 Å². The number of fused-ring (bicyclic) bond motifs is 1. The number of carbonyl (C=O) groups excluding carboxylic acids is 1. The van der Waals surface area contributed by atoms with E-state index in [1.807, 2.05) is 73.1 Å². The van der Waals surface area contributed by atoms with Gasteiger partial charge in [-0.2, -0.15) is 0 Å². The normalized spacial score (nSPS) is 10.8. The molecule has 0 amide bonds. The van der Waals surface area contributed by atoms with E-state index < -0.39 is 5.97 Å². The zero-order valence-corrected chi connectivity index (χ0v) is 18.5. The maximum atomic E-state index is 11.7. The van der Waals surface area contributed by atoms with Crippen molar-refractivity contribution in [3.63, 3.8) is 0 Å². The summed E-state index contributed by atoms with van der Waals surface area (Å²) in [5, 5.41) is 0. The summed E-state index contributed by atoms with van der Waals surface area (Å²) in [6, 6.07) is 20.6. The van der Waals surface area contributed by atoms with Crippen LogP contribution in [-0.4, -0.2) is 36.7 Å². The van der Waals surface area contributed by atoms with Crippen LogP contribution in [0.2, 0.25) is 0 Å². The van der Waals surface area contributed by atoms with Gasteiger partial charge in [0.25, 0.3) is 0 Å². The Morgan fingerprint density at radius 1 is 0.969 bits per heavy atom. The fraction of sp³-hybridized carbons (Fsp3) is 0.200. The standard InChI is InChI=1S/C25H25N3O4/c1-27(2)18-8-6-10-20(14-18)32-21-11-12-22-23(15-21)28(3)24(26-22)16-31-19-9-5-7-17(13-19)25(29)30-4/h5-15H,16H2,1-4H3. The number of rotatable bonds is 7. The van der Waals surface area contributed by atoms with Gasteiger partial charge in [-0.25, -0.2) is 9.78 Å². The quantitative estimate of drug-likeness (QED) is 0.392. The van der Waals surface area contributed by atoms with Crippen LogP contribution in [0.25, 0.3) is 11.0 Å². The Hall–Kier alpha value is -4.00. The van der Waals surface area contributed by atoms with E-state index in [4.69, 9.17) is 14.2 Å². The molecule has 0 radical (unpaired) electrons. The van der Waals surface area contributed by atoms with Crippen molar-refractivity contribution in [2.24, 2.45) is 7.05 Å². The lowest BCUT2D eigenvalue weighted by molar-refractivity contribution is 0.0600. The second-order valence-corrected chi connectivity index (χ2v) is 7.54. The number of nitrogens with zero attached hydrogens (tertiary/aromatic N) is 3. The Bertz CT molecular complexity index is 1260. The molecule has 1 aromatic heterocycles. The average Bonchev–Trinajstić information content (AvgIpc) is 3.12. The molecule has 4 rings (SSSR count). The molecule has 7 nitrogen and oxygen atoms in total. The molecular weight excluding hydrogens is 406 g/mol. The van der Waals surface area contributed by atoms with Crippen LogP contribution in [0.15, 0.2) is 66.7 Å². The van der Waals surface area contributed by atoms with Crippen molar-refractivity contribution in [1.82, 2.24) is 9.55 Å². The van der Waals surface area contributed by atoms with E-state index in [9.17, 15) is 4.79 Å². The van der Waals surface area contributed by atoms with Gasteiger partial charge in [0.05, 0.1) is 23.7 Å². The first-order valence-electron chi connectivity index (χ1n) is 10.2. The molecule has 0 N–H and O–H groups in total. The maximum absolute atomic E-state index is 11.7. The van der Waals surface area contributed by atoms with E-state index in [0.29, 0.717) is 11.3 Å². The first-order chi connectivity index (χ1) is 15.4. The zero-order valence-electron chi connectivity index (χ0n) is 18.5. The summed E-state index contributed by atoms with van der Waals surface area (Å²) in [5.41, 5.74) is 3.30. The molecule has 7 heteroatoms. The number of carbonyl (C=O) groups is 1. The van der Waals surface area contributed by atoms with E-state index in [1.165, 1.54) is 7.11 Å². The molecule has 0 atom stereocenters. The van der Waals surface area contributed by atoms with E-state index in [1.54, 1.807) is 24.3 Å². The lowest BCUT2D eigenvalue weighted by Crippen LogP contribution is -2.08. The molecule has 0 aliphatic rings. The molecular formula is C25H25N3O4. The van der Waals surface area contributed by atoms with Crippen molar-refractivity contribution in [3.05, 3.63) is 78.1 Å². The number of imidazole rings is 1. The third-order valence-electron chi connectivity index (χ3n) is 5.14. The Balaban J connectivity index is 1.52. The SMILES string of the molecule is COC(=O)c1cccc(OCc2nc3ccc(Oc4cccc(N(C)C)c4)cc3n2C)c1. The molecule has 0 saturated carbocycles. The molecule has 0 unspecified atom stereocenters. The molecule has 164 valence electrons. The van der Waals surface area contributed by atoms with Crippen molar-refractivity contribution >= 4 is 22.7 Å². The molecule has 0 bridgehead atoms. The van der Waals surface area contributed by atoms with Gasteiger partial charge in [0.2, 0.25) is 0 Å². The number of benzene rings is 3. The minimum Gasteiger partial charge on any atom is -0.486 e. The van der Waals surface area contributed by atoms with Crippen LogP contribution in [0.5, 0.6) is 17.2 Å². The predicted octanol–water partition coefficient (Wildman–Crippen LogP) is 4.80. The second kappa shape index (κ2) is 9.01. The fourth-order valence-corrected chi connectivity index (χ4v) is 3.35. The van der Waals surface area contributed by atoms with Gasteiger partial charge in [-0.1, -0.05) is 12.1 Å². The van der Waals surface area contributed by atoms with Crippen LogP contribution < -0.4 is 14.4 Å². The lowest BCUT2D eigenvalue weighted by Gasteiger charge is -2.14. The number of hydrogen-bond donors (Lipinski definition) is 0. The Labute approximate surface area is 186 Å². The maximum Gasteiger partial charge on any atom is 0.337 e. The summed E-state index contributed by atoms with van der Waals surface area (Å²) in [6.45, 7) is 0.261. The van der Waals surface area contributed by atoms with Crippen molar-refractivity contribution in [1.29, 1.82) is 0 Å². The highest BCUT2D eigenvalue weighted by atomic mass is 16.5. The Kier molecular flexibility index (Phi) is 5.98. The summed E-state index contributed by atoms with van der Waals surface area (Å²) in [6.07, 6.45) is 0. The van der Waals surface area contributed by atoms with Gasteiger partial charge in [0, 0.05) is 39.0 Å². The molecule has 32 heavy (non-hydrogen) atoms. The Morgan fingerprint density at radius 2 is 1.72 bits per heavy atom. The molecule has 4 aromatic rings. The molecule has 1 heterocycles. The van der Waals surface area contributed by atoms with Gasteiger partial charge in [-0.15, -0.1) is 0 Å². The van der Waals surface area contributed by atoms with Gasteiger partial charge >= 0.3 is 5.97 Å². The molecule has 0 aliphatic carbocycles. The second-order valence-electron chi connectivity index (χ2n) is 7.54. The smallest absolute Gasteiger partial charge is 0.337 e. The summed E-state index contributed by atoms with van der Waals surface area (Å²) in [5.74, 6) is 2.43. The zero-order chi connectivity index (χ0) is 22.7. The van der Waals surface area contributed by atoms with E-state index >= 15 is 0 Å². The first-order valence-corrected chi connectivity index (χ1v) is 10.2. The number of ether oxygens (including phenoxy) is 3. The third kappa shape index (κ3) is 4.51. The number of methoxy groups -OCH3 is 1. The van der Waals surface area contributed by atoms with Crippen molar-refractivity contribution in [3.8, 4) is 17.2 Å². The van der Waals surface area contributed by atoms with Crippen molar-refractivity contribution < 1.29 is 19.0 Å². The molecule has 0 fully saturated rings. The largest absolute Gasteiger partial charge is 0.486 e. The molecule has 0 saturated heterocycles. The fourth-order valence-electron chi connectivity index (χ4n) is 3.35. The number of anilines is 1. The number of aryl methyl sites for hydroxylation is 1. The van der Waals surface area contributed by atoms with E-state index in [-0.39, 0.29) is 6.61 Å². The highest BCUT2D eigenvalue weighted by molar-refractivity contribution is 5.89. The minimum absolute atomic E-state index is 0.261. The monoisotopic (exact) mass is 431 g/mol. The van der Waals surface area contributed by atoms with Crippen LogP contribution in [0, 0.1) is 0 Å². The minimum atomic E-state index is -0.401. The van der Waals surface area contributed by atoms with Gasteiger partial charge in [-0.05, 0) is 42.5 Å². The molecule has 3 aromatic carbocycles. The Morgan fingerprint density at radius 3 is 2.50 bits per heavy atom. The van der Waals surface area contributed by atoms with Crippen molar-refractivity contribution in [2.75, 3.05) is 26.1 Å². The highest BCUT2D eigenvalue weighted by Gasteiger charge is 2.12. The summed E-state index contributed by atoms with van der Waals surface area (Å²) in [4.78, 5) is 18.4. The topological polar surface area (TPSA) is 65.8 Å². The van der Waals surface area contributed by atoms with Gasteiger partial charge in [0.1, 0.15) is 29.7 Å².